The number of nitrogens with one attached hydrogen (secondary N) is 1. The minimum Gasteiger partial charge on any atom is -0.399 e. The van der Waals surface area contributed by atoms with Crippen molar-refractivity contribution in [3.05, 3.63) is 65.2 Å². The van der Waals surface area contributed by atoms with Gasteiger partial charge in [-0.1, -0.05) is 57.2 Å². The van der Waals surface area contributed by atoms with Crippen LogP contribution in [0.1, 0.15) is 37.5 Å². The third-order valence-corrected chi connectivity index (χ3v) is 4.22. The number of carbonyl (C=O) groups is 1. The van der Waals surface area contributed by atoms with Crippen LogP contribution in [0, 0.1) is 0 Å². The largest absolute Gasteiger partial charge is 0.399 e. The number of carbonyl (C=O) groups excluding carboxylic acids is 1. The van der Waals surface area contributed by atoms with Gasteiger partial charge in [-0.25, -0.2) is 0 Å². The van der Waals surface area contributed by atoms with E-state index < -0.39 is 0 Å². The molecule has 2 aromatic carbocycles. The fourth-order valence-corrected chi connectivity index (χ4v) is 2.50. The number of nitrogens with two attached hydrogens (primary N) is 1. The number of anilines is 1. The molecule has 0 saturated carbocycles. The molecular formula is C20H27ClN2O. The molecule has 2 rings (SSSR count). The maximum absolute atomic E-state index is 12.1. The number of rotatable bonds is 6. The Bertz CT molecular complexity index is 648. The fraction of sp³-hybridized carbons (Fsp3) is 0.350. The third kappa shape index (κ3) is 5.57. The molecule has 0 heterocycles. The predicted molar refractivity (Wildman–Crippen MR) is 104 cm³/mol. The summed E-state index contributed by atoms with van der Waals surface area (Å²) in [4.78, 5) is 12.1. The highest BCUT2D eigenvalue weighted by Crippen LogP contribution is 2.22. The Hall–Kier alpha value is -2.00. The first-order valence-corrected chi connectivity index (χ1v) is 8.11. The molecule has 1 amide bonds. The molecule has 0 aliphatic rings. The monoisotopic (exact) mass is 346 g/mol. The second kappa shape index (κ2) is 8.74. The van der Waals surface area contributed by atoms with Crippen molar-refractivity contribution in [3.8, 4) is 0 Å². The number of hydrogen-bond acceptors (Lipinski definition) is 2. The molecule has 0 aromatic heterocycles. The summed E-state index contributed by atoms with van der Waals surface area (Å²) in [5.74, 6) is 0.0352. The maximum atomic E-state index is 12.1. The first-order chi connectivity index (χ1) is 10.9. The summed E-state index contributed by atoms with van der Waals surface area (Å²) in [6.45, 7) is 7.07. The van der Waals surface area contributed by atoms with Crippen molar-refractivity contribution in [2.75, 3.05) is 12.3 Å². The van der Waals surface area contributed by atoms with Crippen molar-refractivity contribution in [1.82, 2.24) is 5.32 Å². The van der Waals surface area contributed by atoms with Gasteiger partial charge in [0.2, 0.25) is 5.91 Å². The molecule has 0 saturated heterocycles. The summed E-state index contributed by atoms with van der Waals surface area (Å²) >= 11 is 0. The maximum Gasteiger partial charge on any atom is 0.224 e. The van der Waals surface area contributed by atoms with Gasteiger partial charge < -0.3 is 11.1 Å². The van der Waals surface area contributed by atoms with E-state index >= 15 is 0 Å². The summed E-state index contributed by atoms with van der Waals surface area (Å²) in [6.07, 6.45) is 1.42. The van der Waals surface area contributed by atoms with Crippen molar-refractivity contribution in [2.24, 2.45) is 0 Å². The first-order valence-electron chi connectivity index (χ1n) is 8.11. The zero-order valence-electron chi connectivity index (χ0n) is 14.6. The summed E-state index contributed by atoms with van der Waals surface area (Å²) in [7, 11) is 0. The van der Waals surface area contributed by atoms with Crippen LogP contribution in [0.3, 0.4) is 0 Å². The van der Waals surface area contributed by atoms with Gasteiger partial charge in [0, 0.05) is 17.6 Å². The van der Waals surface area contributed by atoms with E-state index in [4.69, 9.17) is 5.73 Å². The molecule has 0 spiro atoms. The highest BCUT2D eigenvalue weighted by molar-refractivity contribution is 5.85. The van der Waals surface area contributed by atoms with E-state index in [9.17, 15) is 4.79 Å². The van der Waals surface area contributed by atoms with E-state index in [1.54, 1.807) is 0 Å². The quantitative estimate of drug-likeness (QED) is 0.779. The molecule has 0 bridgehead atoms. The average Bonchev–Trinajstić information content (AvgIpc) is 2.55. The number of nitrogen functional groups attached to an aromatic ring is 1. The normalized spacial score (nSPS) is 10.8. The zero-order valence-corrected chi connectivity index (χ0v) is 15.5. The van der Waals surface area contributed by atoms with Crippen molar-refractivity contribution < 1.29 is 4.79 Å². The van der Waals surface area contributed by atoms with Gasteiger partial charge in [0.05, 0.1) is 6.42 Å². The molecule has 4 heteroatoms. The lowest BCUT2D eigenvalue weighted by molar-refractivity contribution is -0.120. The van der Waals surface area contributed by atoms with Crippen LogP contribution in [0.15, 0.2) is 48.5 Å². The van der Waals surface area contributed by atoms with Gasteiger partial charge in [-0.2, -0.15) is 0 Å². The third-order valence-electron chi connectivity index (χ3n) is 4.22. The van der Waals surface area contributed by atoms with Gasteiger partial charge in [0.15, 0.2) is 0 Å². The molecule has 0 radical (unpaired) electrons. The second-order valence-electron chi connectivity index (χ2n) is 6.63. The Kier molecular flexibility index (Phi) is 7.30. The summed E-state index contributed by atoms with van der Waals surface area (Å²) in [5, 5.41) is 3.04. The van der Waals surface area contributed by atoms with Gasteiger partial charge in [-0.05, 0) is 35.2 Å². The van der Waals surface area contributed by atoms with Gasteiger partial charge in [-0.3, -0.25) is 4.79 Å². The van der Waals surface area contributed by atoms with Gasteiger partial charge >= 0.3 is 0 Å². The van der Waals surface area contributed by atoms with Crippen LogP contribution in [-0.2, 0) is 23.1 Å². The average molecular weight is 347 g/mol. The molecule has 3 nitrogen and oxygen atoms in total. The van der Waals surface area contributed by atoms with Gasteiger partial charge in [0.25, 0.3) is 0 Å². The van der Waals surface area contributed by atoms with E-state index in [-0.39, 0.29) is 23.7 Å². The Balaban J connectivity index is 0.00000288. The van der Waals surface area contributed by atoms with E-state index in [1.807, 2.05) is 24.3 Å². The number of benzene rings is 2. The van der Waals surface area contributed by atoms with Gasteiger partial charge in [0.1, 0.15) is 0 Å². The molecule has 0 fully saturated rings. The lowest BCUT2D eigenvalue weighted by atomic mass is 9.84. The van der Waals surface area contributed by atoms with Crippen LogP contribution in [0.2, 0.25) is 0 Å². The van der Waals surface area contributed by atoms with Crippen LogP contribution in [-0.4, -0.2) is 12.5 Å². The summed E-state index contributed by atoms with van der Waals surface area (Å²) in [5.41, 5.74) is 9.82. The molecule has 0 aliphatic carbocycles. The number of halogens is 1. The molecule has 0 unspecified atom stereocenters. The predicted octanol–water partition coefficient (Wildman–Crippen LogP) is 3.89. The Labute approximate surface area is 151 Å². The van der Waals surface area contributed by atoms with E-state index in [0.717, 1.165) is 12.0 Å². The van der Waals surface area contributed by atoms with Crippen LogP contribution in [0.25, 0.3) is 0 Å². The van der Waals surface area contributed by atoms with Gasteiger partial charge in [-0.15, -0.1) is 12.4 Å². The van der Waals surface area contributed by atoms with E-state index in [0.29, 0.717) is 18.7 Å². The minimum atomic E-state index is -0.0942. The lowest BCUT2D eigenvalue weighted by Gasteiger charge is -2.26. The molecule has 2 aromatic rings. The first kappa shape index (κ1) is 20.0. The molecule has 24 heavy (non-hydrogen) atoms. The molecule has 3 N–H and O–H groups in total. The van der Waals surface area contributed by atoms with Crippen LogP contribution in [0.4, 0.5) is 5.69 Å². The van der Waals surface area contributed by atoms with Crippen LogP contribution >= 0.6 is 12.4 Å². The van der Waals surface area contributed by atoms with Crippen molar-refractivity contribution >= 4 is 24.0 Å². The number of aryl methyl sites for hydroxylation is 1. The second-order valence-corrected chi connectivity index (χ2v) is 6.63. The van der Waals surface area contributed by atoms with E-state index in [2.05, 4.69) is 50.4 Å². The molecule has 0 atom stereocenters. The van der Waals surface area contributed by atoms with E-state index in [1.165, 1.54) is 11.1 Å². The number of amides is 1. The summed E-state index contributed by atoms with van der Waals surface area (Å²) < 4.78 is 0. The van der Waals surface area contributed by atoms with Crippen molar-refractivity contribution in [1.29, 1.82) is 0 Å². The number of hydrogen-bond donors (Lipinski definition) is 2. The topological polar surface area (TPSA) is 55.1 Å². The highest BCUT2D eigenvalue weighted by atomic mass is 35.5. The summed E-state index contributed by atoms with van der Waals surface area (Å²) in [6, 6.07) is 16.1. The molecule has 130 valence electrons. The molecule has 0 aliphatic heterocycles. The Morgan fingerprint density at radius 3 is 2.08 bits per heavy atom. The molecular weight excluding hydrogens is 320 g/mol. The SMILES string of the molecule is CCc1ccc(C(C)(C)CNC(=O)Cc2ccc(N)cc2)cc1.Cl. The fourth-order valence-electron chi connectivity index (χ4n) is 2.50. The van der Waals surface area contributed by atoms with Crippen molar-refractivity contribution in [2.45, 2.75) is 39.0 Å². The van der Waals surface area contributed by atoms with Crippen LogP contribution < -0.4 is 11.1 Å². The highest BCUT2D eigenvalue weighted by Gasteiger charge is 2.21. The van der Waals surface area contributed by atoms with Crippen LogP contribution in [0.5, 0.6) is 0 Å². The zero-order chi connectivity index (χ0) is 16.9. The standard InChI is InChI=1S/C20H26N2O.ClH/c1-4-15-5-9-17(10-6-15)20(2,3)14-22-19(23)13-16-7-11-18(21)12-8-16;/h5-12H,4,13-14,21H2,1-3H3,(H,22,23);1H. The van der Waals surface area contributed by atoms with Crippen molar-refractivity contribution in [3.63, 3.8) is 0 Å². The smallest absolute Gasteiger partial charge is 0.224 e. The lowest BCUT2D eigenvalue weighted by Crippen LogP contribution is -2.37. The minimum absolute atomic E-state index is 0. The Morgan fingerprint density at radius 1 is 1.00 bits per heavy atom. The Morgan fingerprint density at radius 2 is 1.54 bits per heavy atom.